The van der Waals surface area contributed by atoms with Gasteiger partial charge in [0.15, 0.2) is 0 Å². The maximum absolute atomic E-state index is 9.83. The van der Waals surface area contributed by atoms with Crippen molar-refractivity contribution in [2.75, 3.05) is 11.9 Å². The molecule has 0 radical (unpaired) electrons. The fraction of sp³-hybridized carbons (Fsp3) is 0.412. The molecule has 2 atom stereocenters. The van der Waals surface area contributed by atoms with Crippen LogP contribution >= 0.6 is 11.3 Å². The van der Waals surface area contributed by atoms with E-state index in [1.807, 2.05) is 30.4 Å². The monoisotopic (exact) mass is 289 g/mol. The summed E-state index contributed by atoms with van der Waals surface area (Å²) in [6.45, 7) is 4.24. The van der Waals surface area contributed by atoms with Crippen LogP contribution in [0.2, 0.25) is 0 Å². The lowest BCUT2D eigenvalue weighted by molar-refractivity contribution is 0.173. The lowest BCUT2D eigenvalue weighted by atomic mass is 10.1. The molecule has 0 bridgehead atoms. The number of aliphatic hydroxyl groups excluding tert-OH is 1. The topological polar surface area (TPSA) is 23.5 Å². The van der Waals surface area contributed by atoms with E-state index >= 15 is 0 Å². The molecule has 0 aliphatic rings. The van der Waals surface area contributed by atoms with E-state index in [1.54, 1.807) is 0 Å². The Balaban J connectivity index is 2.02. The van der Waals surface area contributed by atoms with Gasteiger partial charge in [-0.1, -0.05) is 25.1 Å². The van der Waals surface area contributed by atoms with Crippen molar-refractivity contribution >= 4 is 17.0 Å². The first-order valence-corrected chi connectivity index (χ1v) is 8.03. The van der Waals surface area contributed by atoms with Crippen LogP contribution in [-0.4, -0.2) is 18.2 Å². The average Bonchev–Trinajstić information content (AvgIpc) is 2.98. The molecule has 0 fully saturated rings. The standard InChI is InChI=1S/C17H23NOS/c1-4-17(19)14-7-9-15(10-8-14)18(3)13(2)12-16-6-5-11-20-16/h5-11,13,17,19H,4,12H2,1-3H3/t13?,17-/m0/s1. The van der Waals surface area contributed by atoms with Gasteiger partial charge in [0, 0.05) is 30.1 Å². The van der Waals surface area contributed by atoms with E-state index in [4.69, 9.17) is 0 Å². The van der Waals surface area contributed by atoms with Gasteiger partial charge < -0.3 is 10.0 Å². The van der Waals surface area contributed by atoms with Crippen LogP contribution in [0.15, 0.2) is 41.8 Å². The molecule has 0 amide bonds. The number of rotatable bonds is 6. The lowest BCUT2D eigenvalue weighted by Gasteiger charge is -2.27. The summed E-state index contributed by atoms with van der Waals surface area (Å²) in [7, 11) is 2.13. The van der Waals surface area contributed by atoms with Gasteiger partial charge in [-0.15, -0.1) is 11.3 Å². The van der Waals surface area contributed by atoms with Gasteiger partial charge in [-0.25, -0.2) is 0 Å². The zero-order valence-corrected chi connectivity index (χ0v) is 13.2. The van der Waals surface area contributed by atoms with Crippen LogP contribution < -0.4 is 4.90 Å². The summed E-state index contributed by atoms with van der Waals surface area (Å²) >= 11 is 1.81. The highest BCUT2D eigenvalue weighted by Gasteiger charge is 2.12. The zero-order chi connectivity index (χ0) is 14.5. The summed E-state index contributed by atoms with van der Waals surface area (Å²) in [6.07, 6.45) is 1.47. The van der Waals surface area contributed by atoms with Crippen molar-refractivity contribution in [1.82, 2.24) is 0 Å². The summed E-state index contributed by atoms with van der Waals surface area (Å²) in [5.41, 5.74) is 2.19. The van der Waals surface area contributed by atoms with Gasteiger partial charge in [-0.2, -0.15) is 0 Å². The molecule has 0 saturated heterocycles. The predicted molar refractivity (Wildman–Crippen MR) is 87.6 cm³/mol. The number of thiophene rings is 1. The molecule has 1 aromatic carbocycles. The van der Waals surface area contributed by atoms with Crippen molar-refractivity contribution < 1.29 is 5.11 Å². The predicted octanol–water partition coefficient (Wildman–Crippen LogP) is 4.26. The second kappa shape index (κ2) is 6.91. The average molecular weight is 289 g/mol. The number of likely N-dealkylation sites (N-methyl/N-ethyl adjacent to an activating group) is 1. The van der Waals surface area contributed by atoms with E-state index in [9.17, 15) is 5.11 Å². The Morgan fingerprint density at radius 1 is 1.20 bits per heavy atom. The number of benzene rings is 1. The summed E-state index contributed by atoms with van der Waals surface area (Å²) in [5, 5.41) is 12.0. The molecule has 2 aromatic rings. The van der Waals surface area contributed by atoms with Crippen molar-refractivity contribution in [3.63, 3.8) is 0 Å². The van der Waals surface area contributed by atoms with Gasteiger partial charge >= 0.3 is 0 Å². The van der Waals surface area contributed by atoms with Crippen LogP contribution in [-0.2, 0) is 6.42 Å². The minimum atomic E-state index is -0.349. The molecule has 1 N–H and O–H groups in total. The van der Waals surface area contributed by atoms with Gasteiger partial charge in [0.25, 0.3) is 0 Å². The highest BCUT2D eigenvalue weighted by atomic mass is 32.1. The van der Waals surface area contributed by atoms with Crippen LogP contribution in [0.3, 0.4) is 0 Å². The molecule has 0 saturated carbocycles. The molecule has 3 heteroatoms. The molecule has 1 heterocycles. The maximum atomic E-state index is 9.83. The van der Waals surface area contributed by atoms with Crippen LogP contribution in [0.1, 0.15) is 36.8 Å². The molecule has 1 unspecified atom stereocenters. The number of nitrogens with zero attached hydrogens (tertiary/aromatic N) is 1. The van der Waals surface area contributed by atoms with Gasteiger partial charge in [-0.3, -0.25) is 0 Å². The largest absolute Gasteiger partial charge is 0.388 e. The van der Waals surface area contributed by atoms with E-state index in [1.165, 1.54) is 10.6 Å². The molecule has 0 aliphatic carbocycles. The van der Waals surface area contributed by atoms with E-state index in [0.717, 1.165) is 18.4 Å². The molecular weight excluding hydrogens is 266 g/mol. The highest BCUT2D eigenvalue weighted by molar-refractivity contribution is 7.09. The van der Waals surface area contributed by atoms with Gasteiger partial charge in [0.2, 0.25) is 0 Å². The Bertz CT molecular complexity index is 506. The van der Waals surface area contributed by atoms with Crippen LogP contribution in [0.5, 0.6) is 0 Å². The van der Waals surface area contributed by atoms with Crippen molar-refractivity contribution in [3.8, 4) is 0 Å². The maximum Gasteiger partial charge on any atom is 0.0787 e. The van der Waals surface area contributed by atoms with Gasteiger partial charge in [0.1, 0.15) is 0 Å². The van der Waals surface area contributed by atoms with Gasteiger partial charge in [-0.05, 0) is 42.5 Å². The summed E-state index contributed by atoms with van der Waals surface area (Å²) in [6, 6.07) is 13.0. The molecule has 0 spiro atoms. The van der Waals surface area contributed by atoms with Gasteiger partial charge in [0.05, 0.1) is 6.10 Å². The fourth-order valence-corrected chi connectivity index (χ4v) is 3.11. The van der Waals surface area contributed by atoms with E-state index in [2.05, 4.69) is 48.5 Å². The second-order valence-electron chi connectivity index (χ2n) is 5.26. The van der Waals surface area contributed by atoms with E-state index in [-0.39, 0.29) is 6.10 Å². The SMILES string of the molecule is CC[C@H](O)c1ccc(N(C)C(C)Cc2cccs2)cc1. The highest BCUT2D eigenvalue weighted by Crippen LogP contribution is 2.23. The smallest absolute Gasteiger partial charge is 0.0787 e. The Morgan fingerprint density at radius 2 is 1.90 bits per heavy atom. The lowest BCUT2D eigenvalue weighted by Crippen LogP contribution is -2.30. The van der Waals surface area contributed by atoms with Crippen LogP contribution in [0.25, 0.3) is 0 Å². The first kappa shape index (κ1) is 15.1. The first-order chi connectivity index (χ1) is 9.61. The molecule has 0 aliphatic heterocycles. The number of hydrogen-bond donors (Lipinski definition) is 1. The third-order valence-corrected chi connectivity index (χ3v) is 4.71. The van der Waals surface area contributed by atoms with Crippen molar-refractivity contribution in [2.24, 2.45) is 0 Å². The Labute approximate surface area is 125 Å². The Kier molecular flexibility index (Phi) is 5.21. The Morgan fingerprint density at radius 3 is 2.45 bits per heavy atom. The number of aliphatic hydroxyl groups is 1. The Hall–Kier alpha value is -1.32. The zero-order valence-electron chi connectivity index (χ0n) is 12.4. The molecule has 20 heavy (non-hydrogen) atoms. The first-order valence-electron chi connectivity index (χ1n) is 7.15. The third kappa shape index (κ3) is 3.62. The summed E-state index contributed by atoms with van der Waals surface area (Å²) < 4.78 is 0. The fourth-order valence-electron chi connectivity index (χ4n) is 2.28. The number of anilines is 1. The van der Waals surface area contributed by atoms with Crippen LogP contribution in [0, 0.1) is 0 Å². The van der Waals surface area contributed by atoms with E-state index < -0.39 is 0 Å². The molecule has 2 rings (SSSR count). The molecule has 1 aromatic heterocycles. The minimum absolute atomic E-state index is 0.349. The van der Waals surface area contributed by atoms with Crippen molar-refractivity contribution in [3.05, 3.63) is 52.2 Å². The summed E-state index contributed by atoms with van der Waals surface area (Å²) in [4.78, 5) is 3.71. The quantitative estimate of drug-likeness (QED) is 0.859. The third-order valence-electron chi connectivity index (χ3n) is 3.81. The number of hydrogen-bond acceptors (Lipinski definition) is 3. The van der Waals surface area contributed by atoms with Crippen LogP contribution in [0.4, 0.5) is 5.69 Å². The minimum Gasteiger partial charge on any atom is -0.388 e. The molecule has 108 valence electrons. The molecule has 2 nitrogen and oxygen atoms in total. The van der Waals surface area contributed by atoms with E-state index in [0.29, 0.717) is 6.04 Å². The second-order valence-corrected chi connectivity index (χ2v) is 6.29. The summed E-state index contributed by atoms with van der Waals surface area (Å²) in [5.74, 6) is 0. The normalized spacial score (nSPS) is 14.0. The molecular formula is C17H23NOS. The van der Waals surface area contributed by atoms with Crippen molar-refractivity contribution in [1.29, 1.82) is 0 Å². The van der Waals surface area contributed by atoms with Crippen molar-refractivity contribution in [2.45, 2.75) is 38.8 Å².